The molecule has 0 saturated carbocycles. The van der Waals surface area contributed by atoms with Gasteiger partial charge in [0.15, 0.2) is 0 Å². The zero-order valence-electron chi connectivity index (χ0n) is 10.7. The predicted octanol–water partition coefficient (Wildman–Crippen LogP) is 0.0770. The van der Waals surface area contributed by atoms with Crippen LogP contribution in [0.1, 0.15) is 0 Å². The molecule has 7 heteroatoms. The molecule has 1 N–H and O–H groups in total. The summed E-state index contributed by atoms with van der Waals surface area (Å²) in [6.45, 7) is 0.546. The number of hydrogen-bond acceptors (Lipinski definition) is 5. The highest BCUT2D eigenvalue weighted by Crippen LogP contribution is 2.22. The lowest BCUT2D eigenvalue weighted by Gasteiger charge is -2.31. The van der Waals surface area contributed by atoms with Gasteiger partial charge >= 0.3 is 0 Å². The summed E-state index contributed by atoms with van der Waals surface area (Å²) in [6, 6.07) is 6.34. The minimum Gasteiger partial charge on any atom is -0.497 e. The Bertz CT molecular complexity index is 531. The standard InChI is InChI=1S/C12H17NO5S/c1-17-10-3-2-4-12(7-10)19(15,16)13-5-6-18-11(8-13)9-14/h2-4,7,11,14H,5-6,8-9H2,1H3. The molecule has 0 aliphatic carbocycles. The van der Waals surface area contributed by atoms with Crippen molar-refractivity contribution in [2.45, 2.75) is 11.0 Å². The molecule has 1 unspecified atom stereocenters. The minimum atomic E-state index is -3.58. The van der Waals surface area contributed by atoms with Gasteiger partial charge in [0.2, 0.25) is 10.0 Å². The maximum atomic E-state index is 12.5. The van der Waals surface area contributed by atoms with Crippen LogP contribution in [-0.4, -0.2) is 57.3 Å². The van der Waals surface area contributed by atoms with Crippen molar-refractivity contribution in [3.05, 3.63) is 24.3 Å². The van der Waals surface area contributed by atoms with E-state index in [2.05, 4.69) is 0 Å². The number of aliphatic hydroxyl groups is 1. The molecule has 0 aromatic heterocycles. The molecule has 0 amide bonds. The molecule has 1 heterocycles. The predicted molar refractivity (Wildman–Crippen MR) is 68.6 cm³/mol. The molecular formula is C12H17NO5S. The van der Waals surface area contributed by atoms with Crippen LogP contribution in [-0.2, 0) is 14.8 Å². The molecule has 0 bridgehead atoms. The largest absolute Gasteiger partial charge is 0.497 e. The van der Waals surface area contributed by atoms with Gasteiger partial charge in [0, 0.05) is 19.2 Å². The smallest absolute Gasteiger partial charge is 0.243 e. The second-order valence-corrected chi connectivity index (χ2v) is 6.16. The van der Waals surface area contributed by atoms with Gasteiger partial charge in [-0.3, -0.25) is 0 Å². The van der Waals surface area contributed by atoms with E-state index in [-0.39, 0.29) is 31.2 Å². The van der Waals surface area contributed by atoms with Crippen molar-refractivity contribution in [3.63, 3.8) is 0 Å². The van der Waals surface area contributed by atoms with Crippen molar-refractivity contribution < 1.29 is 23.0 Å². The van der Waals surface area contributed by atoms with Crippen LogP contribution in [0.2, 0.25) is 0 Å². The van der Waals surface area contributed by atoms with Crippen LogP contribution >= 0.6 is 0 Å². The Hall–Kier alpha value is -1.15. The lowest BCUT2D eigenvalue weighted by molar-refractivity contribution is -0.0304. The first kappa shape index (κ1) is 14.3. The fourth-order valence-corrected chi connectivity index (χ4v) is 3.42. The molecule has 0 spiro atoms. The maximum absolute atomic E-state index is 12.5. The fourth-order valence-electron chi connectivity index (χ4n) is 1.93. The summed E-state index contributed by atoms with van der Waals surface area (Å²) in [6.07, 6.45) is -0.464. The van der Waals surface area contributed by atoms with Crippen molar-refractivity contribution in [2.24, 2.45) is 0 Å². The van der Waals surface area contributed by atoms with Crippen molar-refractivity contribution in [1.82, 2.24) is 4.31 Å². The molecule has 1 fully saturated rings. The first-order valence-corrected chi connectivity index (χ1v) is 7.38. The highest BCUT2D eigenvalue weighted by atomic mass is 32.2. The number of sulfonamides is 1. The Morgan fingerprint density at radius 2 is 2.32 bits per heavy atom. The van der Waals surface area contributed by atoms with Crippen molar-refractivity contribution in [2.75, 3.05) is 33.4 Å². The molecule has 2 rings (SSSR count). The Balaban J connectivity index is 2.25. The van der Waals surface area contributed by atoms with Gasteiger partial charge < -0.3 is 14.6 Å². The Morgan fingerprint density at radius 1 is 1.53 bits per heavy atom. The number of hydrogen-bond donors (Lipinski definition) is 1. The molecule has 1 aromatic rings. The number of ether oxygens (including phenoxy) is 2. The molecule has 1 aromatic carbocycles. The number of methoxy groups -OCH3 is 1. The third-order valence-corrected chi connectivity index (χ3v) is 4.85. The van der Waals surface area contributed by atoms with E-state index in [4.69, 9.17) is 14.6 Å². The summed E-state index contributed by atoms with van der Waals surface area (Å²) in [5.74, 6) is 0.494. The van der Waals surface area contributed by atoms with Crippen molar-refractivity contribution in [1.29, 1.82) is 0 Å². The van der Waals surface area contributed by atoms with Crippen LogP contribution in [0.3, 0.4) is 0 Å². The van der Waals surface area contributed by atoms with Gasteiger partial charge in [0.05, 0.1) is 31.3 Å². The molecule has 1 aliphatic rings. The Kier molecular flexibility index (Phi) is 4.41. The normalized spacial score (nSPS) is 21.3. The van der Waals surface area contributed by atoms with E-state index >= 15 is 0 Å². The van der Waals surface area contributed by atoms with Crippen LogP contribution in [0.25, 0.3) is 0 Å². The Morgan fingerprint density at radius 3 is 3.00 bits per heavy atom. The van der Waals surface area contributed by atoms with Gasteiger partial charge in [-0.15, -0.1) is 0 Å². The van der Waals surface area contributed by atoms with E-state index in [9.17, 15) is 8.42 Å². The van der Waals surface area contributed by atoms with Gasteiger partial charge in [0.1, 0.15) is 5.75 Å². The summed E-state index contributed by atoms with van der Waals surface area (Å²) in [4.78, 5) is 0.186. The fraction of sp³-hybridized carbons (Fsp3) is 0.500. The topological polar surface area (TPSA) is 76.1 Å². The van der Waals surface area contributed by atoms with Gasteiger partial charge in [0.25, 0.3) is 0 Å². The van der Waals surface area contributed by atoms with Crippen LogP contribution in [0, 0.1) is 0 Å². The summed E-state index contributed by atoms with van der Waals surface area (Å²) in [7, 11) is -2.09. The average molecular weight is 287 g/mol. The third-order valence-electron chi connectivity index (χ3n) is 2.98. The van der Waals surface area contributed by atoms with Crippen LogP contribution < -0.4 is 4.74 Å². The van der Waals surface area contributed by atoms with E-state index in [1.807, 2.05) is 0 Å². The molecule has 1 atom stereocenters. The van der Waals surface area contributed by atoms with E-state index in [0.717, 1.165) is 0 Å². The number of morpholine rings is 1. The summed E-state index contributed by atoms with van der Waals surface area (Å²) in [5.41, 5.74) is 0. The van der Waals surface area contributed by atoms with Crippen LogP contribution in [0.5, 0.6) is 5.75 Å². The SMILES string of the molecule is COc1cccc(S(=O)(=O)N2CCOC(CO)C2)c1. The second-order valence-electron chi connectivity index (χ2n) is 4.22. The first-order chi connectivity index (χ1) is 9.07. The lowest BCUT2D eigenvalue weighted by atomic mass is 10.3. The van der Waals surface area contributed by atoms with E-state index in [0.29, 0.717) is 5.75 Å². The third kappa shape index (κ3) is 3.06. The number of benzene rings is 1. The highest BCUT2D eigenvalue weighted by molar-refractivity contribution is 7.89. The van der Waals surface area contributed by atoms with E-state index in [1.165, 1.54) is 23.5 Å². The Labute approximate surface area is 112 Å². The quantitative estimate of drug-likeness (QED) is 0.848. The van der Waals surface area contributed by atoms with Crippen molar-refractivity contribution >= 4 is 10.0 Å². The van der Waals surface area contributed by atoms with Gasteiger partial charge in [-0.1, -0.05) is 6.07 Å². The minimum absolute atomic E-state index is 0.163. The number of nitrogens with zero attached hydrogens (tertiary/aromatic N) is 1. The zero-order valence-corrected chi connectivity index (χ0v) is 11.5. The molecule has 0 radical (unpaired) electrons. The van der Waals surface area contributed by atoms with Gasteiger partial charge in [-0.05, 0) is 12.1 Å². The van der Waals surface area contributed by atoms with Gasteiger partial charge in [-0.2, -0.15) is 4.31 Å². The molecule has 19 heavy (non-hydrogen) atoms. The van der Waals surface area contributed by atoms with Crippen molar-refractivity contribution in [3.8, 4) is 5.75 Å². The van der Waals surface area contributed by atoms with E-state index in [1.54, 1.807) is 12.1 Å². The van der Waals surface area contributed by atoms with Gasteiger partial charge in [-0.25, -0.2) is 8.42 Å². The zero-order chi connectivity index (χ0) is 13.9. The second kappa shape index (κ2) is 5.87. The average Bonchev–Trinajstić information content (AvgIpc) is 2.47. The highest BCUT2D eigenvalue weighted by Gasteiger charge is 2.30. The monoisotopic (exact) mass is 287 g/mol. The van der Waals surface area contributed by atoms with Crippen LogP contribution in [0.15, 0.2) is 29.2 Å². The molecule has 6 nitrogen and oxygen atoms in total. The number of rotatable bonds is 4. The van der Waals surface area contributed by atoms with E-state index < -0.39 is 16.1 Å². The molecule has 1 aliphatic heterocycles. The lowest BCUT2D eigenvalue weighted by Crippen LogP contribution is -2.46. The van der Waals surface area contributed by atoms with Crippen LogP contribution in [0.4, 0.5) is 0 Å². The summed E-state index contributed by atoms with van der Waals surface area (Å²) in [5, 5.41) is 9.06. The first-order valence-electron chi connectivity index (χ1n) is 5.94. The maximum Gasteiger partial charge on any atom is 0.243 e. The molecule has 1 saturated heterocycles. The molecular weight excluding hydrogens is 270 g/mol. The molecule has 106 valence electrons. The number of aliphatic hydroxyl groups excluding tert-OH is 1. The summed E-state index contributed by atoms with van der Waals surface area (Å²) < 4.78 is 36.5. The summed E-state index contributed by atoms with van der Waals surface area (Å²) >= 11 is 0.